The number of halogens is 1. The highest BCUT2D eigenvalue weighted by molar-refractivity contribution is 6.60. The molecule has 6 nitrogen and oxygen atoms in total. The van der Waals surface area contributed by atoms with E-state index in [9.17, 15) is 4.79 Å². The molecule has 0 atom stereocenters. The summed E-state index contributed by atoms with van der Waals surface area (Å²) in [5.41, 5.74) is 4.53. The highest BCUT2D eigenvalue weighted by Gasteiger charge is 2.36. The molecular formula is C12H29ClN2O4Si. The number of carbonyl (C=O) groups is 1. The number of carbonyl (C=O) groups excluding carboxylic acids is 1. The maximum Gasteiger partial charge on any atom is 0.500 e. The summed E-state index contributed by atoms with van der Waals surface area (Å²) in [6, 6.07) is 0.900. The lowest BCUT2D eigenvalue weighted by Crippen LogP contribution is -3.00. The molecule has 20 heavy (non-hydrogen) atoms. The lowest BCUT2D eigenvalue weighted by atomic mass is 10.4. The van der Waals surface area contributed by atoms with Crippen LogP contribution >= 0.6 is 0 Å². The van der Waals surface area contributed by atoms with Crippen molar-refractivity contribution in [2.75, 3.05) is 34.4 Å². The molecule has 122 valence electrons. The van der Waals surface area contributed by atoms with Crippen LogP contribution in [0.1, 0.15) is 19.8 Å². The average Bonchev–Trinajstić information content (AvgIpc) is 2.44. The van der Waals surface area contributed by atoms with Crippen LogP contribution in [0.4, 0.5) is 0 Å². The molecule has 0 fully saturated rings. The van der Waals surface area contributed by atoms with Gasteiger partial charge in [0.05, 0.1) is 13.1 Å². The normalized spacial score (nSPS) is 10.0. The lowest BCUT2D eigenvalue weighted by molar-refractivity contribution is -0.654. The Hall–Kier alpha value is -0.443. The summed E-state index contributed by atoms with van der Waals surface area (Å²) >= 11 is 0. The molecular weight excluding hydrogens is 300 g/mol. The smallest absolute Gasteiger partial charge is 0.500 e. The van der Waals surface area contributed by atoms with E-state index in [-0.39, 0.29) is 12.4 Å². The van der Waals surface area contributed by atoms with Gasteiger partial charge in [-0.1, -0.05) is 13.5 Å². The van der Waals surface area contributed by atoms with Crippen molar-refractivity contribution in [1.29, 1.82) is 0 Å². The summed E-state index contributed by atoms with van der Waals surface area (Å²) in [7, 11) is 2.69. The minimum atomic E-state index is -2.30. The van der Waals surface area contributed by atoms with Crippen molar-refractivity contribution < 1.29 is 35.8 Å². The second-order valence-electron chi connectivity index (χ2n) is 3.87. The van der Waals surface area contributed by atoms with Gasteiger partial charge in [0.2, 0.25) is 5.91 Å². The molecule has 0 aromatic heterocycles. The van der Waals surface area contributed by atoms with Crippen molar-refractivity contribution >= 4 is 14.7 Å². The van der Waals surface area contributed by atoms with Crippen LogP contribution in [0.15, 0.2) is 12.7 Å². The van der Waals surface area contributed by atoms with Gasteiger partial charge in [0.1, 0.15) is 0 Å². The van der Waals surface area contributed by atoms with Crippen LogP contribution in [0.25, 0.3) is 0 Å². The zero-order valence-electron chi connectivity index (χ0n) is 13.0. The molecule has 0 heterocycles. The van der Waals surface area contributed by atoms with Gasteiger partial charge in [-0.15, -0.1) is 0 Å². The highest BCUT2D eigenvalue weighted by Crippen LogP contribution is 2.13. The Morgan fingerprint density at radius 3 is 2.00 bits per heavy atom. The van der Waals surface area contributed by atoms with E-state index in [1.165, 1.54) is 13.0 Å². The largest absolute Gasteiger partial charge is 1.00 e. The van der Waals surface area contributed by atoms with Gasteiger partial charge in [-0.3, -0.25) is 4.79 Å². The number of primary amides is 1. The standard InChI is InChI=1S/C9H23NO3Si.C3H5NO.ClH/c1-5-7-10-8-6-9-14(11-2,12-3)13-4;1-2-3(4)5;/h10H,5-9H2,1-4H3;2H,1H2,(H2,4,5);1H. The van der Waals surface area contributed by atoms with Gasteiger partial charge in [0, 0.05) is 33.8 Å². The third kappa shape index (κ3) is 14.0. The van der Waals surface area contributed by atoms with Gasteiger partial charge in [0.25, 0.3) is 0 Å². The minimum absolute atomic E-state index is 0. The lowest BCUT2D eigenvalue weighted by Gasteiger charge is -2.23. The fourth-order valence-corrected chi connectivity index (χ4v) is 3.12. The van der Waals surface area contributed by atoms with Crippen molar-refractivity contribution in [3.63, 3.8) is 0 Å². The number of quaternary nitrogens is 1. The molecule has 0 radical (unpaired) electrons. The topological polar surface area (TPSA) is 87.4 Å². The summed E-state index contributed by atoms with van der Waals surface area (Å²) in [5, 5.41) is 2.32. The fraction of sp³-hybridized carbons (Fsp3) is 0.750. The van der Waals surface area contributed by atoms with Gasteiger partial charge in [-0.25, -0.2) is 0 Å². The molecule has 8 heteroatoms. The van der Waals surface area contributed by atoms with Gasteiger partial charge in [-0.05, 0) is 12.5 Å². The number of rotatable bonds is 10. The van der Waals surface area contributed by atoms with E-state index in [1.54, 1.807) is 21.3 Å². The van der Waals surface area contributed by atoms with Crippen LogP contribution in [-0.2, 0) is 18.1 Å². The van der Waals surface area contributed by atoms with E-state index in [2.05, 4.69) is 24.6 Å². The summed E-state index contributed by atoms with van der Waals surface area (Å²) in [4.78, 5) is 9.47. The number of hydrogen-bond donors (Lipinski definition) is 2. The Kier molecular flexibility index (Phi) is 20.4. The first kappa shape index (κ1) is 24.6. The first-order chi connectivity index (χ1) is 9.01. The summed E-state index contributed by atoms with van der Waals surface area (Å²) in [5.74, 6) is -0.481. The van der Waals surface area contributed by atoms with Gasteiger partial charge in [0.15, 0.2) is 0 Å². The summed E-state index contributed by atoms with van der Waals surface area (Å²) < 4.78 is 16.0. The van der Waals surface area contributed by atoms with Gasteiger partial charge in [-0.2, -0.15) is 0 Å². The monoisotopic (exact) mass is 328 g/mol. The molecule has 0 spiro atoms. The minimum Gasteiger partial charge on any atom is -1.00 e. The molecule has 0 bridgehead atoms. The molecule has 0 aromatic rings. The van der Waals surface area contributed by atoms with Crippen LogP contribution in [0.2, 0.25) is 6.04 Å². The molecule has 0 aliphatic rings. The molecule has 0 saturated carbocycles. The van der Waals surface area contributed by atoms with E-state index < -0.39 is 14.7 Å². The van der Waals surface area contributed by atoms with Crippen LogP contribution in [0.5, 0.6) is 0 Å². The van der Waals surface area contributed by atoms with Gasteiger partial charge < -0.3 is 36.7 Å². The van der Waals surface area contributed by atoms with Crippen molar-refractivity contribution in [1.82, 2.24) is 0 Å². The zero-order valence-corrected chi connectivity index (χ0v) is 14.7. The van der Waals surface area contributed by atoms with E-state index in [1.807, 2.05) is 0 Å². The second kappa shape index (κ2) is 16.6. The van der Waals surface area contributed by atoms with Crippen LogP contribution < -0.4 is 23.5 Å². The predicted octanol–water partition coefficient (Wildman–Crippen LogP) is -3.11. The van der Waals surface area contributed by atoms with E-state index in [0.29, 0.717) is 0 Å². The van der Waals surface area contributed by atoms with Crippen molar-refractivity contribution in [3.05, 3.63) is 12.7 Å². The first-order valence-electron chi connectivity index (χ1n) is 6.40. The molecule has 0 aliphatic heterocycles. The molecule has 0 aliphatic carbocycles. The molecule has 0 saturated heterocycles. The second-order valence-corrected chi connectivity index (χ2v) is 6.96. The van der Waals surface area contributed by atoms with Crippen molar-refractivity contribution in [3.8, 4) is 0 Å². The SMILES string of the molecule is C=CC(N)=O.CCC[NH2+]CCC[Si](OC)(OC)OC.[Cl-]. The number of nitrogens with two attached hydrogens (primary N) is 2. The third-order valence-corrected chi connectivity index (χ3v) is 5.35. The Morgan fingerprint density at radius 1 is 1.25 bits per heavy atom. The quantitative estimate of drug-likeness (QED) is 0.252. The molecule has 0 unspecified atom stereocenters. The van der Waals surface area contributed by atoms with E-state index in [4.69, 9.17) is 13.3 Å². The predicted molar refractivity (Wildman–Crippen MR) is 77.5 cm³/mol. The first-order valence-corrected chi connectivity index (χ1v) is 8.34. The van der Waals surface area contributed by atoms with E-state index in [0.717, 1.165) is 25.1 Å². The maximum absolute atomic E-state index is 9.47. The Balaban J connectivity index is -0.000000414. The number of hydrogen-bond acceptors (Lipinski definition) is 4. The molecule has 4 N–H and O–H groups in total. The Labute approximate surface area is 129 Å². The highest BCUT2D eigenvalue weighted by atomic mass is 35.5. The van der Waals surface area contributed by atoms with E-state index >= 15 is 0 Å². The number of amides is 1. The molecule has 0 rings (SSSR count). The average molecular weight is 329 g/mol. The fourth-order valence-electron chi connectivity index (χ4n) is 1.37. The summed E-state index contributed by atoms with van der Waals surface area (Å²) in [6.07, 6.45) is 3.36. The van der Waals surface area contributed by atoms with Crippen LogP contribution in [-0.4, -0.2) is 49.1 Å². The van der Waals surface area contributed by atoms with Crippen LogP contribution in [0, 0.1) is 0 Å². The Morgan fingerprint density at radius 2 is 1.70 bits per heavy atom. The van der Waals surface area contributed by atoms with Crippen molar-refractivity contribution in [2.45, 2.75) is 25.8 Å². The third-order valence-electron chi connectivity index (χ3n) is 2.52. The summed E-state index contributed by atoms with van der Waals surface area (Å²) in [6.45, 7) is 7.59. The zero-order chi connectivity index (χ0) is 15.1. The van der Waals surface area contributed by atoms with Crippen molar-refractivity contribution in [2.24, 2.45) is 5.73 Å². The Bertz CT molecular complexity index is 233. The molecule has 0 aromatic carbocycles. The van der Waals surface area contributed by atoms with Gasteiger partial charge >= 0.3 is 8.80 Å². The maximum atomic E-state index is 9.47. The molecule has 1 amide bonds. The van der Waals surface area contributed by atoms with Crippen LogP contribution in [0.3, 0.4) is 0 Å².